The van der Waals surface area contributed by atoms with Crippen molar-refractivity contribution in [2.24, 2.45) is 5.92 Å². The first-order valence-corrected chi connectivity index (χ1v) is 5.66. The molecule has 0 N–H and O–H groups in total. The van der Waals surface area contributed by atoms with Gasteiger partial charge in [0.1, 0.15) is 0 Å². The Labute approximate surface area is 90.1 Å². The molecule has 2 rings (SSSR count). The van der Waals surface area contributed by atoms with Crippen molar-refractivity contribution in [3.05, 3.63) is 23.3 Å². The number of ketones is 2. The zero-order chi connectivity index (χ0) is 11.0. The van der Waals surface area contributed by atoms with Gasteiger partial charge in [-0.3, -0.25) is 9.59 Å². The number of allylic oxidation sites excluding steroid dienone is 3. The third-order valence-electron chi connectivity index (χ3n) is 3.40. The Kier molecular flexibility index (Phi) is 2.59. The van der Waals surface area contributed by atoms with Crippen LogP contribution in [0.4, 0.5) is 0 Å². The van der Waals surface area contributed by atoms with E-state index in [0.29, 0.717) is 12.0 Å². The van der Waals surface area contributed by atoms with Gasteiger partial charge in [-0.1, -0.05) is 19.9 Å². The van der Waals surface area contributed by atoms with Crippen LogP contribution in [0.15, 0.2) is 23.3 Å². The highest BCUT2D eigenvalue weighted by atomic mass is 16.1. The van der Waals surface area contributed by atoms with Gasteiger partial charge >= 0.3 is 0 Å². The van der Waals surface area contributed by atoms with E-state index in [2.05, 4.69) is 13.5 Å². The number of fused-ring (bicyclic) bond motifs is 1. The molecule has 15 heavy (non-hydrogen) atoms. The first kappa shape index (κ1) is 10.3. The summed E-state index contributed by atoms with van der Waals surface area (Å²) in [5, 5.41) is 0. The summed E-state index contributed by atoms with van der Waals surface area (Å²) < 4.78 is 0. The van der Waals surface area contributed by atoms with Gasteiger partial charge < -0.3 is 0 Å². The molecule has 0 aromatic heterocycles. The molecule has 2 aliphatic rings. The summed E-state index contributed by atoms with van der Waals surface area (Å²) in [6.45, 7) is 5.92. The van der Waals surface area contributed by atoms with E-state index in [-0.39, 0.29) is 17.5 Å². The molecule has 1 saturated carbocycles. The summed E-state index contributed by atoms with van der Waals surface area (Å²) in [7, 11) is 0. The summed E-state index contributed by atoms with van der Waals surface area (Å²) in [6.07, 6.45) is 4.19. The highest BCUT2D eigenvalue weighted by Gasteiger charge is 2.42. The average Bonchev–Trinajstić information content (AvgIpc) is 2.69. The van der Waals surface area contributed by atoms with Crippen LogP contribution in [0.25, 0.3) is 0 Å². The van der Waals surface area contributed by atoms with Gasteiger partial charge in [0.05, 0.1) is 0 Å². The second-order valence-corrected chi connectivity index (χ2v) is 4.36. The molecule has 2 nitrogen and oxygen atoms in total. The van der Waals surface area contributed by atoms with Crippen molar-refractivity contribution >= 4 is 11.6 Å². The summed E-state index contributed by atoms with van der Waals surface area (Å²) in [5.74, 6) is 0.298. The number of hydrogen-bond donors (Lipinski definition) is 0. The van der Waals surface area contributed by atoms with Crippen LogP contribution in [0.3, 0.4) is 0 Å². The van der Waals surface area contributed by atoms with Crippen LogP contribution in [0.2, 0.25) is 0 Å². The second kappa shape index (κ2) is 3.76. The number of unbranched alkanes of at least 4 members (excludes halogenated alkanes) is 1. The lowest BCUT2D eigenvalue weighted by Gasteiger charge is -2.01. The van der Waals surface area contributed by atoms with E-state index >= 15 is 0 Å². The predicted octanol–water partition coefficient (Wildman–Crippen LogP) is 2.59. The van der Waals surface area contributed by atoms with Crippen molar-refractivity contribution in [2.45, 2.75) is 39.0 Å². The fourth-order valence-electron chi connectivity index (χ4n) is 2.55. The molecule has 2 heteroatoms. The molecule has 0 aromatic carbocycles. The Morgan fingerprint density at radius 3 is 2.80 bits per heavy atom. The molecule has 0 radical (unpaired) electrons. The Bertz CT molecular complexity index is 374. The molecule has 0 spiro atoms. The predicted molar refractivity (Wildman–Crippen MR) is 58.4 cm³/mol. The molecular formula is C13H16O2. The summed E-state index contributed by atoms with van der Waals surface area (Å²) in [4.78, 5) is 23.5. The van der Waals surface area contributed by atoms with E-state index in [1.165, 1.54) is 0 Å². The van der Waals surface area contributed by atoms with Gasteiger partial charge in [0.15, 0.2) is 11.6 Å². The third-order valence-corrected chi connectivity index (χ3v) is 3.40. The summed E-state index contributed by atoms with van der Waals surface area (Å²) >= 11 is 0. The summed E-state index contributed by atoms with van der Waals surface area (Å²) in [5.41, 5.74) is 2.23. The molecule has 0 heterocycles. The zero-order valence-corrected chi connectivity index (χ0v) is 9.14. The zero-order valence-electron chi connectivity index (χ0n) is 9.14. The molecular weight excluding hydrogens is 188 g/mol. The molecule has 2 aliphatic carbocycles. The first-order valence-electron chi connectivity index (χ1n) is 5.66. The number of carbonyl (C=O) groups is 2. The maximum absolute atomic E-state index is 11.9. The van der Waals surface area contributed by atoms with Gasteiger partial charge in [0, 0.05) is 29.1 Å². The minimum atomic E-state index is 0.0523. The molecule has 0 aromatic rings. The van der Waals surface area contributed by atoms with Crippen LogP contribution < -0.4 is 0 Å². The minimum Gasteiger partial charge on any atom is -0.295 e. The molecule has 1 unspecified atom stereocenters. The minimum absolute atomic E-state index is 0.0523. The molecule has 80 valence electrons. The monoisotopic (exact) mass is 204 g/mol. The number of carbonyl (C=O) groups excluding carboxylic acids is 2. The van der Waals surface area contributed by atoms with Gasteiger partial charge in [0.25, 0.3) is 0 Å². The molecule has 0 bridgehead atoms. The van der Waals surface area contributed by atoms with Crippen LogP contribution in [-0.2, 0) is 9.59 Å². The van der Waals surface area contributed by atoms with Gasteiger partial charge in [-0.15, -0.1) is 0 Å². The highest BCUT2D eigenvalue weighted by Crippen LogP contribution is 2.43. The Morgan fingerprint density at radius 2 is 2.13 bits per heavy atom. The Morgan fingerprint density at radius 1 is 1.40 bits per heavy atom. The average molecular weight is 204 g/mol. The Hall–Kier alpha value is -1.18. The van der Waals surface area contributed by atoms with E-state index < -0.39 is 0 Å². The number of Topliss-reactive ketones (excluding diaryl/α,β-unsaturated/α-hetero) is 2. The van der Waals surface area contributed by atoms with E-state index in [4.69, 9.17) is 0 Å². The van der Waals surface area contributed by atoms with Crippen LogP contribution in [0, 0.1) is 5.92 Å². The molecule has 1 fully saturated rings. The van der Waals surface area contributed by atoms with Crippen molar-refractivity contribution in [3.63, 3.8) is 0 Å². The topological polar surface area (TPSA) is 34.1 Å². The summed E-state index contributed by atoms with van der Waals surface area (Å²) in [6, 6.07) is 0. The fourth-order valence-corrected chi connectivity index (χ4v) is 2.55. The van der Waals surface area contributed by atoms with Crippen molar-refractivity contribution in [1.82, 2.24) is 0 Å². The SMILES string of the molecule is C=C1C(=O)C(CCCC)=C2C(=O)CCC12. The van der Waals surface area contributed by atoms with Gasteiger partial charge in [-0.25, -0.2) is 0 Å². The highest BCUT2D eigenvalue weighted by molar-refractivity contribution is 6.20. The maximum Gasteiger partial charge on any atom is 0.185 e. The quantitative estimate of drug-likeness (QED) is 0.662. The van der Waals surface area contributed by atoms with Gasteiger partial charge in [-0.05, 0) is 19.3 Å². The number of hydrogen-bond acceptors (Lipinski definition) is 2. The van der Waals surface area contributed by atoms with E-state index in [1.807, 2.05) is 0 Å². The Balaban J connectivity index is 2.34. The lowest BCUT2D eigenvalue weighted by atomic mass is 10.0. The molecule has 1 atom stereocenters. The number of rotatable bonds is 3. The normalized spacial score (nSPS) is 25.4. The molecule has 0 saturated heterocycles. The van der Waals surface area contributed by atoms with Crippen LogP contribution >= 0.6 is 0 Å². The molecule has 0 aliphatic heterocycles. The van der Waals surface area contributed by atoms with Crippen LogP contribution in [-0.4, -0.2) is 11.6 Å². The van der Waals surface area contributed by atoms with E-state index in [0.717, 1.165) is 36.8 Å². The smallest absolute Gasteiger partial charge is 0.185 e. The van der Waals surface area contributed by atoms with E-state index in [1.54, 1.807) is 0 Å². The van der Waals surface area contributed by atoms with Crippen molar-refractivity contribution in [2.75, 3.05) is 0 Å². The first-order chi connectivity index (χ1) is 7.16. The lowest BCUT2D eigenvalue weighted by Crippen LogP contribution is -2.03. The molecule has 0 amide bonds. The lowest BCUT2D eigenvalue weighted by molar-refractivity contribution is -0.115. The van der Waals surface area contributed by atoms with E-state index in [9.17, 15) is 9.59 Å². The van der Waals surface area contributed by atoms with Crippen molar-refractivity contribution < 1.29 is 9.59 Å². The third kappa shape index (κ3) is 1.48. The van der Waals surface area contributed by atoms with Crippen molar-refractivity contribution in [3.8, 4) is 0 Å². The van der Waals surface area contributed by atoms with Crippen molar-refractivity contribution in [1.29, 1.82) is 0 Å². The fraction of sp³-hybridized carbons (Fsp3) is 0.538. The largest absolute Gasteiger partial charge is 0.295 e. The second-order valence-electron chi connectivity index (χ2n) is 4.36. The van der Waals surface area contributed by atoms with Crippen LogP contribution in [0.1, 0.15) is 39.0 Å². The van der Waals surface area contributed by atoms with Crippen LogP contribution in [0.5, 0.6) is 0 Å². The van der Waals surface area contributed by atoms with Gasteiger partial charge in [-0.2, -0.15) is 0 Å². The standard InChI is InChI=1S/C13H16O2/c1-3-4-5-10-12-9(6-7-11(12)14)8(2)13(10)15/h9H,2-7H2,1H3. The maximum atomic E-state index is 11.9. The van der Waals surface area contributed by atoms with Gasteiger partial charge in [0.2, 0.25) is 0 Å².